The highest BCUT2D eigenvalue weighted by molar-refractivity contribution is 7.99. The Morgan fingerprint density at radius 1 is 1.03 bits per heavy atom. The molecule has 10 heteroatoms. The van der Waals surface area contributed by atoms with E-state index in [9.17, 15) is 13.2 Å². The van der Waals surface area contributed by atoms with Crippen molar-refractivity contribution in [3.63, 3.8) is 0 Å². The molecule has 0 atom stereocenters. The second-order valence-electron chi connectivity index (χ2n) is 8.14. The third kappa shape index (κ3) is 6.18. The topological polar surface area (TPSA) is 106 Å². The predicted molar refractivity (Wildman–Crippen MR) is 127 cm³/mol. The highest BCUT2D eigenvalue weighted by Gasteiger charge is 2.22. The molecular weight excluding hydrogens is 446 g/mol. The number of nitrogens with one attached hydrogen (secondary N) is 2. The van der Waals surface area contributed by atoms with Gasteiger partial charge in [-0.1, -0.05) is 36.9 Å². The van der Waals surface area contributed by atoms with Crippen LogP contribution in [0.1, 0.15) is 33.5 Å². The number of benzene rings is 2. The Hall–Kier alpha value is -2.69. The summed E-state index contributed by atoms with van der Waals surface area (Å²) in [4.78, 5) is 12.6. The Bertz CT molecular complexity index is 1170. The molecule has 0 aliphatic rings. The van der Waals surface area contributed by atoms with Gasteiger partial charge < -0.3 is 5.32 Å². The number of aromatic nitrogens is 3. The molecule has 0 bridgehead atoms. The lowest BCUT2D eigenvalue weighted by atomic mass is 10.1. The highest BCUT2D eigenvalue weighted by Crippen LogP contribution is 2.23. The molecule has 1 amide bonds. The van der Waals surface area contributed by atoms with Crippen LogP contribution < -0.4 is 10.0 Å². The molecule has 3 aromatic rings. The summed E-state index contributed by atoms with van der Waals surface area (Å²) >= 11 is 1.29. The maximum Gasteiger partial charge on any atom is 0.241 e. The van der Waals surface area contributed by atoms with Crippen LogP contribution in [-0.4, -0.2) is 40.4 Å². The van der Waals surface area contributed by atoms with Gasteiger partial charge in [0, 0.05) is 23.3 Å². The van der Waals surface area contributed by atoms with Gasteiger partial charge >= 0.3 is 0 Å². The lowest BCUT2D eigenvalue weighted by molar-refractivity contribution is -0.113. The number of sulfonamides is 1. The zero-order valence-electron chi connectivity index (χ0n) is 18.5. The molecule has 0 saturated carbocycles. The molecule has 170 valence electrons. The summed E-state index contributed by atoms with van der Waals surface area (Å²) in [6, 6.07) is 15.8. The smallest absolute Gasteiger partial charge is 0.241 e. The van der Waals surface area contributed by atoms with Gasteiger partial charge in [-0.05, 0) is 57.2 Å². The number of hydrogen-bond acceptors (Lipinski definition) is 6. The SMILES string of the molecule is CCc1nnc(SCC(=O)Nc2ccc(S(=O)(=O)NC(C)(C)C)cc2)n1-c1ccccc1. The van der Waals surface area contributed by atoms with E-state index in [1.54, 1.807) is 32.9 Å². The number of carbonyl (C=O) groups is 1. The van der Waals surface area contributed by atoms with E-state index in [0.717, 1.165) is 11.5 Å². The summed E-state index contributed by atoms with van der Waals surface area (Å²) in [5.74, 6) is 0.735. The Labute approximate surface area is 192 Å². The molecule has 0 radical (unpaired) electrons. The summed E-state index contributed by atoms with van der Waals surface area (Å²) in [6.45, 7) is 7.34. The molecule has 2 aromatic carbocycles. The van der Waals surface area contributed by atoms with Gasteiger partial charge in [0.25, 0.3) is 0 Å². The quantitative estimate of drug-likeness (QED) is 0.484. The van der Waals surface area contributed by atoms with E-state index in [2.05, 4.69) is 20.2 Å². The number of para-hydroxylation sites is 1. The van der Waals surface area contributed by atoms with Gasteiger partial charge in [0.1, 0.15) is 5.82 Å². The molecule has 0 fully saturated rings. The van der Waals surface area contributed by atoms with Crippen LogP contribution in [0, 0.1) is 0 Å². The van der Waals surface area contributed by atoms with E-state index in [-0.39, 0.29) is 16.6 Å². The summed E-state index contributed by atoms with van der Waals surface area (Å²) in [6.07, 6.45) is 0.716. The molecule has 1 aromatic heterocycles. The third-order valence-electron chi connectivity index (χ3n) is 4.25. The number of carbonyl (C=O) groups excluding carboxylic acids is 1. The second-order valence-corrected chi connectivity index (χ2v) is 10.8. The number of nitrogens with zero attached hydrogens (tertiary/aromatic N) is 3. The molecule has 0 unspecified atom stereocenters. The monoisotopic (exact) mass is 473 g/mol. The molecular formula is C22H27N5O3S2. The average molecular weight is 474 g/mol. The number of hydrogen-bond donors (Lipinski definition) is 2. The molecule has 8 nitrogen and oxygen atoms in total. The summed E-state index contributed by atoms with van der Waals surface area (Å²) in [5, 5.41) is 11.9. The first kappa shape index (κ1) is 24.0. The van der Waals surface area contributed by atoms with E-state index in [1.165, 1.54) is 23.9 Å². The van der Waals surface area contributed by atoms with E-state index >= 15 is 0 Å². The van der Waals surface area contributed by atoms with Crippen molar-refractivity contribution in [2.75, 3.05) is 11.1 Å². The fourth-order valence-corrected chi connectivity index (χ4v) is 5.15. The van der Waals surface area contributed by atoms with Gasteiger partial charge in [-0.2, -0.15) is 0 Å². The molecule has 0 aliphatic heterocycles. The molecule has 0 aliphatic carbocycles. The zero-order chi connectivity index (χ0) is 23.4. The van der Waals surface area contributed by atoms with E-state index in [1.807, 2.05) is 41.8 Å². The van der Waals surface area contributed by atoms with Crippen molar-refractivity contribution >= 4 is 33.4 Å². The largest absolute Gasteiger partial charge is 0.325 e. The Balaban J connectivity index is 1.65. The minimum Gasteiger partial charge on any atom is -0.325 e. The van der Waals surface area contributed by atoms with Crippen molar-refractivity contribution in [1.82, 2.24) is 19.5 Å². The first-order chi connectivity index (χ1) is 15.1. The molecule has 2 N–H and O–H groups in total. The minimum absolute atomic E-state index is 0.139. The number of thioether (sulfide) groups is 1. The molecule has 0 spiro atoms. The highest BCUT2D eigenvalue weighted by atomic mass is 32.2. The first-order valence-corrected chi connectivity index (χ1v) is 12.6. The van der Waals surface area contributed by atoms with Gasteiger partial charge in [0.05, 0.1) is 10.6 Å². The normalized spacial score (nSPS) is 12.0. The fraction of sp³-hybridized carbons (Fsp3) is 0.318. The van der Waals surface area contributed by atoms with Crippen LogP contribution in [-0.2, 0) is 21.2 Å². The van der Waals surface area contributed by atoms with Gasteiger partial charge in [-0.3, -0.25) is 9.36 Å². The van der Waals surface area contributed by atoms with Crippen LogP contribution in [0.15, 0.2) is 64.6 Å². The standard InChI is InChI=1S/C22H27N5O3S2/c1-5-19-24-25-21(27(19)17-9-7-6-8-10-17)31-15-20(28)23-16-11-13-18(14-12-16)32(29,30)26-22(2,3)4/h6-14,26H,5,15H2,1-4H3,(H,23,28). The maximum absolute atomic E-state index is 12.5. The molecule has 3 rings (SSSR count). The van der Waals surface area contributed by atoms with E-state index in [4.69, 9.17) is 0 Å². The predicted octanol–water partition coefficient (Wildman–Crippen LogP) is 3.64. The Morgan fingerprint density at radius 2 is 1.69 bits per heavy atom. The van der Waals surface area contributed by atoms with Crippen LogP contribution >= 0.6 is 11.8 Å². The number of rotatable bonds is 8. The summed E-state index contributed by atoms with van der Waals surface area (Å²) < 4.78 is 29.3. The second kappa shape index (κ2) is 9.85. The van der Waals surface area contributed by atoms with E-state index in [0.29, 0.717) is 17.3 Å². The van der Waals surface area contributed by atoms with Crippen molar-refractivity contribution in [2.45, 2.75) is 49.7 Å². The van der Waals surface area contributed by atoms with Crippen molar-refractivity contribution in [1.29, 1.82) is 0 Å². The molecule has 0 saturated heterocycles. The van der Waals surface area contributed by atoms with Gasteiger partial charge in [-0.15, -0.1) is 10.2 Å². The van der Waals surface area contributed by atoms with Crippen molar-refractivity contribution in [2.24, 2.45) is 0 Å². The molecule has 1 heterocycles. The van der Waals surface area contributed by atoms with Crippen molar-refractivity contribution in [3.8, 4) is 5.69 Å². The van der Waals surface area contributed by atoms with Crippen LogP contribution in [0.4, 0.5) is 5.69 Å². The van der Waals surface area contributed by atoms with Crippen LogP contribution in [0.2, 0.25) is 0 Å². The van der Waals surface area contributed by atoms with Crippen LogP contribution in [0.3, 0.4) is 0 Å². The van der Waals surface area contributed by atoms with Crippen LogP contribution in [0.5, 0.6) is 0 Å². The number of anilines is 1. The Morgan fingerprint density at radius 3 is 2.28 bits per heavy atom. The summed E-state index contributed by atoms with van der Waals surface area (Å²) in [5.41, 5.74) is 0.878. The van der Waals surface area contributed by atoms with Gasteiger partial charge in [-0.25, -0.2) is 13.1 Å². The lowest BCUT2D eigenvalue weighted by Crippen LogP contribution is -2.40. The fourth-order valence-electron chi connectivity index (χ4n) is 2.97. The lowest BCUT2D eigenvalue weighted by Gasteiger charge is -2.20. The maximum atomic E-state index is 12.5. The number of amides is 1. The average Bonchev–Trinajstić information content (AvgIpc) is 3.14. The number of aryl methyl sites for hydroxylation is 1. The van der Waals surface area contributed by atoms with E-state index < -0.39 is 15.6 Å². The molecule has 32 heavy (non-hydrogen) atoms. The van der Waals surface area contributed by atoms with Gasteiger partial charge in [0.2, 0.25) is 15.9 Å². The van der Waals surface area contributed by atoms with Gasteiger partial charge in [0.15, 0.2) is 5.16 Å². The third-order valence-corrected chi connectivity index (χ3v) is 6.96. The van der Waals surface area contributed by atoms with Crippen molar-refractivity contribution in [3.05, 3.63) is 60.4 Å². The zero-order valence-corrected chi connectivity index (χ0v) is 20.1. The van der Waals surface area contributed by atoms with Crippen molar-refractivity contribution < 1.29 is 13.2 Å². The minimum atomic E-state index is -3.63. The summed E-state index contributed by atoms with van der Waals surface area (Å²) in [7, 11) is -3.63. The Kier molecular flexibility index (Phi) is 7.37. The first-order valence-electron chi connectivity index (χ1n) is 10.2. The van der Waals surface area contributed by atoms with Crippen LogP contribution in [0.25, 0.3) is 5.69 Å².